The lowest BCUT2D eigenvalue weighted by atomic mass is 9.53. The highest BCUT2D eigenvalue weighted by Crippen LogP contribution is 2.54. The Morgan fingerprint density at radius 1 is 0.771 bits per heavy atom. The molecule has 3 heteroatoms. The number of rotatable bonds is 8. The fourth-order valence-corrected chi connectivity index (χ4v) is 5.42. The molecule has 1 aromatic rings. The Morgan fingerprint density at radius 3 is 1.57 bits per heavy atom. The van der Waals surface area contributed by atoms with Gasteiger partial charge in [-0.1, -0.05) is 121 Å². The third-order valence-corrected chi connectivity index (χ3v) is 8.36. The van der Waals surface area contributed by atoms with Crippen molar-refractivity contribution in [3.05, 3.63) is 35.4 Å². The van der Waals surface area contributed by atoms with Crippen molar-refractivity contribution in [1.29, 1.82) is 0 Å². The van der Waals surface area contributed by atoms with Crippen molar-refractivity contribution in [2.24, 2.45) is 27.1 Å². The van der Waals surface area contributed by atoms with Crippen LogP contribution in [-0.4, -0.2) is 24.3 Å². The van der Waals surface area contributed by atoms with Crippen LogP contribution < -0.4 is 0 Å². The molecule has 2 atom stereocenters. The van der Waals surface area contributed by atoms with Gasteiger partial charge in [0.25, 0.3) is 0 Å². The summed E-state index contributed by atoms with van der Waals surface area (Å²) in [7, 11) is 0. The van der Waals surface area contributed by atoms with Crippen LogP contribution in [0, 0.1) is 27.1 Å². The molecule has 0 aliphatic heterocycles. The van der Waals surface area contributed by atoms with E-state index in [-0.39, 0.29) is 46.3 Å². The Kier molecular flexibility index (Phi) is 11.3. The lowest BCUT2D eigenvalue weighted by Gasteiger charge is -2.50. The molecule has 0 aliphatic carbocycles. The number of hydrogen-bond donors (Lipinski definition) is 1. The molecule has 0 saturated carbocycles. The normalized spacial score (nSPS) is 16.5. The van der Waals surface area contributed by atoms with Crippen molar-refractivity contribution in [2.45, 2.75) is 122 Å². The van der Waals surface area contributed by atoms with Crippen LogP contribution in [0.15, 0.2) is 24.3 Å². The first-order chi connectivity index (χ1) is 15.6. The van der Waals surface area contributed by atoms with Crippen LogP contribution in [0.4, 0.5) is 0 Å². The highest BCUT2D eigenvalue weighted by molar-refractivity contribution is 5.78. The van der Waals surface area contributed by atoms with Gasteiger partial charge in [0.1, 0.15) is 6.61 Å². The highest BCUT2D eigenvalue weighted by atomic mass is 16.5. The maximum Gasteiger partial charge on any atom is 0.312 e. The predicted molar refractivity (Wildman–Crippen MR) is 152 cm³/mol. The maximum absolute atomic E-state index is 13.2. The summed E-state index contributed by atoms with van der Waals surface area (Å²) in [6, 6.07) is 9.07. The average molecular weight is 491 g/mol. The van der Waals surface area contributed by atoms with Gasteiger partial charge in [-0.05, 0) is 58.0 Å². The zero-order valence-electron chi connectivity index (χ0n) is 25.9. The lowest BCUT2D eigenvalue weighted by molar-refractivity contribution is -0.175. The van der Waals surface area contributed by atoms with Gasteiger partial charge in [-0.3, -0.25) is 4.79 Å². The predicted octanol–water partition coefficient (Wildman–Crippen LogP) is 8.61. The minimum absolute atomic E-state index is 0.0362. The van der Waals surface area contributed by atoms with Gasteiger partial charge in [-0.2, -0.15) is 0 Å². The maximum atomic E-state index is 13.2. The topological polar surface area (TPSA) is 46.5 Å². The van der Waals surface area contributed by atoms with Gasteiger partial charge in [-0.25, -0.2) is 0 Å². The molecule has 1 aromatic carbocycles. The van der Waals surface area contributed by atoms with E-state index in [0.717, 1.165) is 12.8 Å². The van der Waals surface area contributed by atoms with Crippen molar-refractivity contribution >= 4 is 5.97 Å². The molecule has 2 unspecified atom stereocenters. The summed E-state index contributed by atoms with van der Waals surface area (Å²) in [4.78, 5) is 13.2. The molecule has 0 amide bonds. The minimum atomic E-state index is -0.722. The minimum Gasteiger partial charge on any atom is -0.463 e. The van der Waals surface area contributed by atoms with Gasteiger partial charge >= 0.3 is 5.97 Å². The van der Waals surface area contributed by atoms with Crippen molar-refractivity contribution in [3.8, 4) is 0 Å². The smallest absolute Gasteiger partial charge is 0.312 e. The van der Waals surface area contributed by atoms with E-state index >= 15 is 0 Å². The Bertz CT molecular complexity index is 784. The van der Waals surface area contributed by atoms with Gasteiger partial charge in [0.15, 0.2) is 0 Å². The zero-order valence-corrected chi connectivity index (χ0v) is 25.9. The molecule has 0 bridgehead atoms. The monoisotopic (exact) mass is 490 g/mol. The van der Waals surface area contributed by atoms with Crippen LogP contribution in [0.5, 0.6) is 0 Å². The standard InChI is InChI=1S/C30H52O3.C2H6/c1-25(2,3)21-29(12,26(4,5)6)23-16-14-22(15-17-23)20-28(10,11)30(13,27(7,8)9)24(32)33-19-18-31;1-2/h14-17,31H,18-21H2,1-13H3;1-2H3. The number of carbonyl (C=O) groups excluding carboxylic acids is 1. The van der Waals surface area contributed by atoms with Gasteiger partial charge < -0.3 is 9.84 Å². The molecular formula is C32H58O3. The van der Waals surface area contributed by atoms with Crippen LogP contribution in [0.25, 0.3) is 0 Å². The number of carbonyl (C=O) groups is 1. The Labute approximate surface area is 218 Å². The van der Waals surface area contributed by atoms with Crippen LogP contribution in [0.1, 0.15) is 121 Å². The van der Waals surface area contributed by atoms with Crippen LogP contribution in [0.2, 0.25) is 0 Å². The van der Waals surface area contributed by atoms with E-state index < -0.39 is 5.41 Å². The number of aliphatic hydroxyl groups is 1. The highest BCUT2D eigenvalue weighted by Gasteiger charge is 2.55. The molecule has 0 aromatic heterocycles. The molecule has 1 rings (SSSR count). The summed E-state index contributed by atoms with van der Waals surface area (Å²) in [5.74, 6) is -0.240. The third-order valence-electron chi connectivity index (χ3n) is 8.36. The zero-order chi connectivity index (χ0) is 28.1. The fourth-order valence-electron chi connectivity index (χ4n) is 5.42. The first-order valence-corrected chi connectivity index (χ1v) is 13.5. The van der Waals surface area contributed by atoms with E-state index in [1.807, 2.05) is 20.8 Å². The SMILES string of the molecule is CC.CC(C)(C)CC(C)(c1ccc(CC(C)(C)C(C)(C(=O)OCCO)C(C)(C)C)cc1)C(C)(C)C. The lowest BCUT2D eigenvalue weighted by Crippen LogP contribution is -2.53. The fraction of sp³-hybridized carbons (Fsp3) is 0.781. The first-order valence-electron chi connectivity index (χ1n) is 13.5. The van der Waals surface area contributed by atoms with E-state index in [4.69, 9.17) is 9.84 Å². The van der Waals surface area contributed by atoms with E-state index in [9.17, 15) is 4.79 Å². The van der Waals surface area contributed by atoms with Crippen LogP contribution in [0.3, 0.4) is 0 Å². The molecule has 0 radical (unpaired) electrons. The summed E-state index contributed by atoms with van der Waals surface area (Å²) in [5, 5.41) is 9.16. The molecule has 1 N–H and O–H groups in total. The van der Waals surface area contributed by atoms with Gasteiger partial charge in [0, 0.05) is 0 Å². The van der Waals surface area contributed by atoms with E-state index in [0.29, 0.717) is 0 Å². The molecular weight excluding hydrogens is 432 g/mol. The second-order valence-corrected chi connectivity index (χ2v) is 14.3. The summed E-state index contributed by atoms with van der Waals surface area (Å²) < 4.78 is 5.47. The average Bonchev–Trinajstić information content (AvgIpc) is 2.70. The summed E-state index contributed by atoms with van der Waals surface area (Å²) in [5.41, 5.74) is 1.62. The first kappa shape index (κ1) is 33.7. The van der Waals surface area contributed by atoms with Crippen molar-refractivity contribution < 1.29 is 14.6 Å². The Balaban J connectivity index is 0.00000562. The molecule has 3 nitrogen and oxygen atoms in total. The molecule has 35 heavy (non-hydrogen) atoms. The summed E-state index contributed by atoms with van der Waals surface area (Å²) >= 11 is 0. The van der Waals surface area contributed by atoms with E-state index in [1.165, 1.54) is 11.1 Å². The third kappa shape index (κ3) is 7.81. The Morgan fingerprint density at radius 2 is 1.23 bits per heavy atom. The second-order valence-electron chi connectivity index (χ2n) is 14.3. The second kappa shape index (κ2) is 11.8. The van der Waals surface area contributed by atoms with E-state index in [1.54, 1.807) is 0 Å². The van der Waals surface area contributed by atoms with E-state index in [2.05, 4.69) is 107 Å². The number of benzene rings is 1. The van der Waals surface area contributed by atoms with Crippen molar-refractivity contribution in [3.63, 3.8) is 0 Å². The number of aliphatic hydroxyl groups excluding tert-OH is 1. The Hall–Kier alpha value is -1.35. The van der Waals surface area contributed by atoms with Gasteiger partial charge in [0.2, 0.25) is 0 Å². The largest absolute Gasteiger partial charge is 0.463 e. The quantitative estimate of drug-likeness (QED) is 0.371. The number of hydrogen-bond acceptors (Lipinski definition) is 3. The summed E-state index contributed by atoms with van der Waals surface area (Å²) in [6.45, 7) is 32.8. The number of esters is 1. The van der Waals surface area contributed by atoms with Crippen LogP contribution >= 0.6 is 0 Å². The molecule has 0 heterocycles. The molecule has 0 fully saturated rings. The number of ether oxygens (including phenoxy) is 1. The van der Waals surface area contributed by atoms with Gasteiger partial charge in [0.05, 0.1) is 12.0 Å². The van der Waals surface area contributed by atoms with Crippen LogP contribution in [-0.2, 0) is 21.4 Å². The molecule has 0 aliphatic rings. The van der Waals surface area contributed by atoms with Gasteiger partial charge in [-0.15, -0.1) is 0 Å². The van der Waals surface area contributed by atoms with Crippen molar-refractivity contribution in [1.82, 2.24) is 0 Å². The summed E-state index contributed by atoms with van der Waals surface area (Å²) in [6.07, 6.45) is 1.87. The van der Waals surface area contributed by atoms with Crippen molar-refractivity contribution in [2.75, 3.05) is 13.2 Å². The molecule has 0 spiro atoms. The molecule has 0 saturated heterocycles. The molecule has 204 valence electrons.